The Morgan fingerprint density at radius 2 is 1.84 bits per heavy atom. The second-order valence-corrected chi connectivity index (χ2v) is 5.46. The van der Waals surface area contributed by atoms with E-state index in [-0.39, 0.29) is 0 Å². The Kier molecular flexibility index (Phi) is 3.66. The molecule has 2 aromatic carbocycles. The molecule has 3 heteroatoms. The van der Waals surface area contributed by atoms with E-state index in [4.69, 9.17) is 11.6 Å². The van der Waals surface area contributed by atoms with Gasteiger partial charge in [0.15, 0.2) is 0 Å². The average Bonchev–Trinajstić information content (AvgIpc) is 2.26. The van der Waals surface area contributed by atoms with Gasteiger partial charge in [-0.05, 0) is 55.7 Å². The highest BCUT2D eigenvalue weighted by Crippen LogP contribution is 2.34. The number of benzene rings is 2. The molecule has 100 valence electrons. The van der Waals surface area contributed by atoms with Gasteiger partial charge in [0.25, 0.3) is 0 Å². The van der Waals surface area contributed by atoms with E-state index < -0.39 is 11.4 Å². The third-order valence-electron chi connectivity index (χ3n) is 3.31. The maximum atomic E-state index is 14.2. The van der Waals surface area contributed by atoms with Gasteiger partial charge in [0.2, 0.25) is 0 Å². The fraction of sp³-hybridized carbons (Fsp3) is 0.250. The largest absolute Gasteiger partial charge is 0.381 e. The van der Waals surface area contributed by atoms with Crippen LogP contribution in [0.4, 0.5) is 4.39 Å². The predicted molar refractivity (Wildman–Crippen MR) is 76.0 cm³/mol. The van der Waals surface area contributed by atoms with Crippen molar-refractivity contribution in [2.45, 2.75) is 26.4 Å². The Hall–Kier alpha value is -1.38. The lowest BCUT2D eigenvalue weighted by Gasteiger charge is -2.27. The van der Waals surface area contributed by atoms with Gasteiger partial charge in [-0.3, -0.25) is 0 Å². The van der Waals surface area contributed by atoms with Crippen LogP contribution in [0.3, 0.4) is 0 Å². The Labute approximate surface area is 117 Å². The minimum absolute atomic E-state index is 0.292. The Balaban J connectivity index is 2.63. The second kappa shape index (κ2) is 4.95. The SMILES string of the molecule is Cc1cc(C)c(C(C)(O)c2cccc(Cl)c2)c(F)c1. The zero-order valence-corrected chi connectivity index (χ0v) is 11.9. The highest BCUT2D eigenvalue weighted by Gasteiger charge is 2.30. The molecule has 1 atom stereocenters. The smallest absolute Gasteiger partial charge is 0.130 e. The lowest BCUT2D eigenvalue weighted by atomic mass is 9.84. The highest BCUT2D eigenvalue weighted by atomic mass is 35.5. The van der Waals surface area contributed by atoms with Gasteiger partial charge < -0.3 is 5.11 Å². The normalized spacial score (nSPS) is 14.2. The van der Waals surface area contributed by atoms with Crippen LogP contribution >= 0.6 is 11.6 Å². The van der Waals surface area contributed by atoms with Gasteiger partial charge in [0.1, 0.15) is 11.4 Å². The maximum Gasteiger partial charge on any atom is 0.130 e. The molecule has 0 spiro atoms. The Morgan fingerprint density at radius 3 is 2.42 bits per heavy atom. The van der Waals surface area contributed by atoms with Crippen molar-refractivity contribution in [3.05, 3.63) is 69.5 Å². The molecular formula is C16H16ClFO. The average molecular weight is 279 g/mol. The molecule has 1 N–H and O–H groups in total. The molecule has 0 saturated carbocycles. The molecular weight excluding hydrogens is 263 g/mol. The number of rotatable bonds is 2. The van der Waals surface area contributed by atoms with Crippen LogP contribution in [0.5, 0.6) is 0 Å². The summed E-state index contributed by atoms with van der Waals surface area (Å²) in [6, 6.07) is 10.1. The van der Waals surface area contributed by atoms with Gasteiger partial charge in [0.05, 0.1) is 0 Å². The molecule has 0 aliphatic rings. The molecule has 0 aromatic heterocycles. The van der Waals surface area contributed by atoms with E-state index in [9.17, 15) is 9.50 Å². The minimum Gasteiger partial charge on any atom is -0.381 e. The van der Waals surface area contributed by atoms with Gasteiger partial charge in [-0.2, -0.15) is 0 Å². The molecule has 0 radical (unpaired) electrons. The topological polar surface area (TPSA) is 20.2 Å². The first-order valence-electron chi connectivity index (χ1n) is 6.08. The fourth-order valence-corrected chi connectivity index (χ4v) is 2.66. The van der Waals surface area contributed by atoms with Crippen LogP contribution in [0.25, 0.3) is 0 Å². The van der Waals surface area contributed by atoms with Crippen LogP contribution in [-0.2, 0) is 5.60 Å². The summed E-state index contributed by atoms with van der Waals surface area (Å²) in [6.45, 7) is 5.21. The lowest BCUT2D eigenvalue weighted by Crippen LogP contribution is -2.25. The second-order valence-electron chi connectivity index (χ2n) is 5.02. The first kappa shape index (κ1) is 14.0. The van der Waals surface area contributed by atoms with Gasteiger partial charge in [-0.1, -0.05) is 29.8 Å². The molecule has 1 unspecified atom stereocenters. The maximum absolute atomic E-state index is 14.2. The van der Waals surface area contributed by atoms with E-state index in [0.717, 1.165) is 11.1 Å². The van der Waals surface area contributed by atoms with Crippen molar-refractivity contribution >= 4 is 11.6 Å². The van der Waals surface area contributed by atoms with Gasteiger partial charge >= 0.3 is 0 Å². The van der Waals surface area contributed by atoms with Crippen LogP contribution < -0.4 is 0 Å². The Bertz CT molecular complexity index is 597. The molecule has 0 aliphatic carbocycles. The quantitative estimate of drug-likeness (QED) is 0.866. The van der Waals surface area contributed by atoms with Crippen molar-refractivity contribution in [1.29, 1.82) is 0 Å². The summed E-state index contributed by atoms with van der Waals surface area (Å²) in [5.41, 5.74) is 1.02. The van der Waals surface area contributed by atoms with E-state index in [0.29, 0.717) is 16.1 Å². The van der Waals surface area contributed by atoms with Crippen molar-refractivity contribution in [3.8, 4) is 0 Å². The van der Waals surface area contributed by atoms with E-state index in [2.05, 4.69) is 0 Å². The van der Waals surface area contributed by atoms with Crippen molar-refractivity contribution in [2.24, 2.45) is 0 Å². The molecule has 0 saturated heterocycles. The predicted octanol–water partition coefficient (Wildman–Crippen LogP) is 4.35. The van der Waals surface area contributed by atoms with Crippen LogP contribution in [0.1, 0.15) is 29.2 Å². The van der Waals surface area contributed by atoms with E-state index in [1.807, 2.05) is 13.0 Å². The molecule has 0 heterocycles. The van der Waals surface area contributed by atoms with Crippen LogP contribution in [-0.4, -0.2) is 5.11 Å². The molecule has 2 rings (SSSR count). The summed E-state index contributed by atoms with van der Waals surface area (Å²) in [5, 5.41) is 11.3. The van der Waals surface area contributed by atoms with Gasteiger partial charge in [-0.25, -0.2) is 4.39 Å². The molecule has 19 heavy (non-hydrogen) atoms. The molecule has 0 bridgehead atoms. The first-order valence-corrected chi connectivity index (χ1v) is 6.46. The fourth-order valence-electron chi connectivity index (χ4n) is 2.47. The van der Waals surface area contributed by atoms with E-state index in [1.165, 1.54) is 6.07 Å². The van der Waals surface area contributed by atoms with Crippen LogP contribution in [0, 0.1) is 19.7 Å². The number of hydrogen-bond donors (Lipinski definition) is 1. The van der Waals surface area contributed by atoms with Gasteiger partial charge in [0, 0.05) is 10.6 Å². The lowest BCUT2D eigenvalue weighted by molar-refractivity contribution is 0.0972. The third-order valence-corrected chi connectivity index (χ3v) is 3.54. The standard InChI is InChI=1S/C16H16ClFO/c1-10-7-11(2)15(14(18)8-10)16(3,19)12-5-4-6-13(17)9-12/h4-9,19H,1-3H3. The summed E-state index contributed by atoms with van der Waals surface area (Å²) in [4.78, 5) is 0. The number of aliphatic hydroxyl groups is 1. The van der Waals surface area contributed by atoms with Crippen molar-refractivity contribution < 1.29 is 9.50 Å². The Morgan fingerprint density at radius 1 is 1.16 bits per heavy atom. The molecule has 1 nitrogen and oxygen atoms in total. The molecule has 0 amide bonds. The minimum atomic E-state index is -1.41. The van der Waals surface area contributed by atoms with Crippen molar-refractivity contribution in [1.82, 2.24) is 0 Å². The van der Waals surface area contributed by atoms with E-state index >= 15 is 0 Å². The number of aryl methyl sites for hydroxylation is 2. The summed E-state index contributed by atoms with van der Waals surface area (Å²) in [7, 11) is 0. The number of hydrogen-bond acceptors (Lipinski definition) is 1. The molecule has 0 aliphatic heterocycles. The summed E-state index contributed by atoms with van der Waals surface area (Å²) >= 11 is 5.94. The third kappa shape index (κ3) is 2.65. The highest BCUT2D eigenvalue weighted by molar-refractivity contribution is 6.30. The monoisotopic (exact) mass is 278 g/mol. The van der Waals surface area contributed by atoms with Gasteiger partial charge in [-0.15, -0.1) is 0 Å². The van der Waals surface area contributed by atoms with Crippen LogP contribution in [0.2, 0.25) is 5.02 Å². The number of halogens is 2. The first-order chi connectivity index (χ1) is 8.82. The molecule has 2 aromatic rings. The summed E-state index contributed by atoms with van der Waals surface area (Å²) in [5.74, 6) is -0.400. The summed E-state index contributed by atoms with van der Waals surface area (Å²) in [6.07, 6.45) is 0. The summed E-state index contributed by atoms with van der Waals surface area (Å²) < 4.78 is 14.2. The molecule has 0 fully saturated rings. The zero-order chi connectivity index (χ0) is 14.2. The van der Waals surface area contributed by atoms with Crippen molar-refractivity contribution in [3.63, 3.8) is 0 Å². The van der Waals surface area contributed by atoms with E-state index in [1.54, 1.807) is 38.1 Å². The zero-order valence-electron chi connectivity index (χ0n) is 11.2. The van der Waals surface area contributed by atoms with Crippen LogP contribution in [0.15, 0.2) is 36.4 Å². The van der Waals surface area contributed by atoms with Crippen molar-refractivity contribution in [2.75, 3.05) is 0 Å².